The number of halogens is 3. The lowest BCUT2D eigenvalue weighted by Crippen LogP contribution is -2.13. The van der Waals surface area contributed by atoms with E-state index in [1.54, 1.807) is 24.3 Å². The molecule has 0 aliphatic rings. The minimum atomic E-state index is -0.328. The molecule has 0 atom stereocenters. The van der Waals surface area contributed by atoms with Gasteiger partial charge in [-0.15, -0.1) is 0 Å². The fourth-order valence-electron chi connectivity index (χ4n) is 1.90. The molecule has 0 fully saturated rings. The highest BCUT2D eigenvalue weighted by molar-refractivity contribution is 6.44. The summed E-state index contributed by atoms with van der Waals surface area (Å²) in [6.45, 7) is 3.46. The Bertz CT molecular complexity index is 722. The lowest BCUT2D eigenvalue weighted by molar-refractivity contribution is 0.102. The van der Waals surface area contributed by atoms with Gasteiger partial charge in [-0.2, -0.15) is 0 Å². The van der Waals surface area contributed by atoms with Crippen molar-refractivity contribution in [1.29, 1.82) is 0 Å². The first kappa shape index (κ1) is 18.9. The maximum absolute atomic E-state index is 12.4. The van der Waals surface area contributed by atoms with E-state index in [1.807, 2.05) is 6.92 Å². The molecule has 0 aliphatic carbocycles. The highest BCUT2D eigenvalue weighted by Crippen LogP contribution is 2.32. The van der Waals surface area contributed by atoms with Crippen LogP contribution in [0.3, 0.4) is 0 Å². The number of nitrogens with one attached hydrogen (secondary N) is 1. The summed E-state index contributed by atoms with van der Waals surface area (Å²) in [5.74, 6) is 0.258. The van der Waals surface area contributed by atoms with Crippen molar-refractivity contribution in [3.8, 4) is 5.75 Å². The molecular weight excluding hydrogens is 373 g/mol. The number of amides is 1. The zero-order valence-corrected chi connectivity index (χ0v) is 15.2. The maximum Gasteiger partial charge on any atom is 0.255 e. The van der Waals surface area contributed by atoms with Gasteiger partial charge < -0.3 is 14.8 Å². The monoisotopic (exact) mass is 387 g/mol. The molecule has 24 heavy (non-hydrogen) atoms. The first-order chi connectivity index (χ1) is 11.5. The van der Waals surface area contributed by atoms with Crippen LogP contribution in [0.1, 0.15) is 17.3 Å². The van der Waals surface area contributed by atoms with E-state index in [9.17, 15) is 4.79 Å². The van der Waals surface area contributed by atoms with Crippen LogP contribution in [-0.2, 0) is 4.74 Å². The second-order valence-corrected chi connectivity index (χ2v) is 6.00. The molecule has 128 valence electrons. The molecule has 0 aromatic heterocycles. The van der Waals surface area contributed by atoms with E-state index in [0.29, 0.717) is 51.9 Å². The number of benzene rings is 2. The molecule has 2 aromatic carbocycles. The molecule has 7 heteroatoms. The summed E-state index contributed by atoms with van der Waals surface area (Å²) in [5, 5.41) is 3.64. The van der Waals surface area contributed by atoms with Crippen LogP contribution in [0.2, 0.25) is 15.1 Å². The third kappa shape index (κ3) is 5.28. The summed E-state index contributed by atoms with van der Waals surface area (Å²) in [6.07, 6.45) is 0. The molecule has 2 aromatic rings. The van der Waals surface area contributed by atoms with Crippen molar-refractivity contribution in [2.45, 2.75) is 6.92 Å². The van der Waals surface area contributed by atoms with Crippen molar-refractivity contribution in [2.75, 3.05) is 25.1 Å². The second kappa shape index (κ2) is 9.14. The minimum absolute atomic E-state index is 0.307. The zero-order chi connectivity index (χ0) is 17.5. The highest BCUT2D eigenvalue weighted by atomic mass is 35.5. The molecular formula is C17H16Cl3NO3. The smallest absolute Gasteiger partial charge is 0.255 e. The fourth-order valence-corrected chi connectivity index (χ4v) is 2.50. The Morgan fingerprint density at radius 1 is 1.04 bits per heavy atom. The number of carbonyl (C=O) groups is 1. The third-order valence-corrected chi connectivity index (χ3v) is 4.09. The normalized spacial score (nSPS) is 10.5. The third-order valence-electron chi connectivity index (χ3n) is 3.05. The second-order valence-electron chi connectivity index (χ2n) is 4.77. The van der Waals surface area contributed by atoms with Gasteiger partial charge in [0.15, 0.2) is 0 Å². The Balaban J connectivity index is 2.06. The van der Waals surface area contributed by atoms with Gasteiger partial charge in [-0.05, 0) is 37.3 Å². The van der Waals surface area contributed by atoms with Gasteiger partial charge in [-0.1, -0.05) is 40.9 Å². The fraction of sp³-hybridized carbons (Fsp3) is 0.235. The van der Waals surface area contributed by atoms with Gasteiger partial charge in [0.05, 0.1) is 27.4 Å². The van der Waals surface area contributed by atoms with Crippen LogP contribution < -0.4 is 10.1 Å². The van der Waals surface area contributed by atoms with Gasteiger partial charge in [-0.25, -0.2) is 0 Å². The Hall–Kier alpha value is -1.46. The van der Waals surface area contributed by atoms with E-state index >= 15 is 0 Å². The summed E-state index contributed by atoms with van der Waals surface area (Å²) >= 11 is 17.9. The molecule has 0 heterocycles. The molecule has 0 radical (unpaired) electrons. The van der Waals surface area contributed by atoms with Crippen molar-refractivity contribution in [3.05, 3.63) is 57.0 Å². The Kier molecular flexibility index (Phi) is 7.18. The van der Waals surface area contributed by atoms with Gasteiger partial charge in [0.25, 0.3) is 5.91 Å². The van der Waals surface area contributed by atoms with Gasteiger partial charge in [0.2, 0.25) is 0 Å². The van der Waals surface area contributed by atoms with Crippen molar-refractivity contribution in [3.63, 3.8) is 0 Å². The van der Waals surface area contributed by atoms with Gasteiger partial charge in [0.1, 0.15) is 12.4 Å². The van der Waals surface area contributed by atoms with Crippen molar-refractivity contribution in [2.24, 2.45) is 0 Å². The Labute approximate surface area is 155 Å². The largest absolute Gasteiger partial charge is 0.491 e. The number of hydrogen-bond acceptors (Lipinski definition) is 3. The van der Waals surface area contributed by atoms with Crippen LogP contribution in [0.25, 0.3) is 0 Å². The van der Waals surface area contributed by atoms with Crippen LogP contribution in [-0.4, -0.2) is 25.7 Å². The van der Waals surface area contributed by atoms with E-state index in [1.165, 1.54) is 12.1 Å². The molecule has 1 N–H and O–H groups in total. The zero-order valence-electron chi connectivity index (χ0n) is 12.9. The lowest BCUT2D eigenvalue weighted by Gasteiger charge is -2.10. The van der Waals surface area contributed by atoms with Crippen LogP contribution in [0.5, 0.6) is 5.75 Å². The molecule has 2 rings (SSSR count). The number of ether oxygens (including phenoxy) is 2. The number of anilines is 1. The predicted molar refractivity (Wildman–Crippen MR) is 97.9 cm³/mol. The summed E-state index contributed by atoms with van der Waals surface area (Å²) in [6, 6.07) is 9.82. The molecule has 0 saturated heterocycles. The minimum Gasteiger partial charge on any atom is -0.491 e. The predicted octanol–water partition coefficient (Wildman–Crippen LogP) is 5.31. The molecule has 0 aliphatic heterocycles. The van der Waals surface area contributed by atoms with E-state index in [4.69, 9.17) is 44.3 Å². The Morgan fingerprint density at radius 3 is 2.54 bits per heavy atom. The first-order valence-electron chi connectivity index (χ1n) is 7.27. The van der Waals surface area contributed by atoms with Crippen LogP contribution in [0.4, 0.5) is 5.69 Å². The first-order valence-corrected chi connectivity index (χ1v) is 8.41. The van der Waals surface area contributed by atoms with Crippen LogP contribution >= 0.6 is 34.8 Å². The lowest BCUT2D eigenvalue weighted by atomic mass is 10.2. The van der Waals surface area contributed by atoms with Gasteiger partial charge in [-0.3, -0.25) is 4.79 Å². The summed E-state index contributed by atoms with van der Waals surface area (Å²) < 4.78 is 10.7. The average Bonchev–Trinajstić information content (AvgIpc) is 2.57. The molecule has 0 saturated carbocycles. The van der Waals surface area contributed by atoms with Gasteiger partial charge in [0, 0.05) is 12.2 Å². The Morgan fingerprint density at radius 2 is 1.79 bits per heavy atom. The van der Waals surface area contributed by atoms with Gasteiger partial charge >= 0.3 is 0 Å². The molecule has 0 unspecified atom stereocenters. The SMILES string of the molecule is CCOCCOc1cccc(C(=O)Nc2cc(Cl)c(Cl)cc2Cl)c1. The van der Waals surface area contributed by atoms with Crippen LogP contribution in [0.15, 0.2) is 36.4 Å². The topological polar surface area (TPSA) is 47.6 Å². The summed E-state index contributed by atoms with van der Waals surface area (Å²) in [7, 11) is 0. The van der Waals surface area contributed by atoms with Crippen molar-refractivity contribution in [1.82, 2.24) is 0 Å². The summed E-state index contributed by atoms with van der Waals surface area (Å²) in [5.41, 5.74) is 0.824. The number of hydrogen-bond donors (Lipinski definition) is 1. The molecule has 4 nitrogen and oxygen atoms in total. The molecule has 0 spiro atoms. The molecule has 1 amide bonds. The quantitative estimate of drug-likeness (QED) is 0.516. The summed E-state index contributed by atoms with van der Waals surface area (Å²) in [4.78, 5) is 12.4. The highest BCUT2D eigenvalue weighted by Gasteiger charge is 2.12. The average molecular weight is 389 g/mol. The number of carbonyl (C=O) groups excluding carboxylic acids is 1. The van der Waals surface area contributed by atoms with E-state index in [0.717, 1.165) is 0 Å². The van der Waals surface area contributed by atoms with E-state index in [2.05, 4.69) is 5.32 Å². The van der Waals surface area contributed by atoms with Crippen LogP contribution in [0, 0.1) is 0 Å². The molecule has 0 bridgehead atoms. The van der Waals surface area contributed by atoms with Crippen molar-refractivity contribution < 1.29 is 14.3 Å². The standard InChI is InChI=1S/C17H16Cl3NO3/c1-2-23-6-7-24-12-5-3-4-11(8-12)17(22)21-16-10-14(19)13(18)9-15(16)20/h3-5,8-10H,2,6-7H2,1H3,(H,21,22). The van der Waals surface area contributed by atoms with Crippen molar-refractivity contribution >= 4 is 46.4 Å². The van der Waals surface area contributed by atoms with E-state index in [-0.39, 0.29) is 5.91 Å². The number of rotatable bonds is 7. The van der Waals surface area contributed by atoms with E-state index < -0.39 is 0 Å². The maximum atomic E-state index is 12.4.